The fraction of sp³-hybridized carbons (Fsp3) is 0.778. The molecule has 1 aromatic heterocycles. The lowest BCUT2D eigenvalue weighted by Gasteiger charge is -2.08. The molecule has 0 aliphatic rings. The highest BCUT2D eigenvalue weighted by Crippen LogP contribution is 2.06. The maximum atomic E-state index is 5.06. The molecule has 1 rings (SSSR count). The van der Waals surface area contributed by atoms with Gasteiger partial charge in [-0.05, 0) is 12.1 Å². The van der Waals surface area contributed by atoms with Gasteiger partial charge in [-0.2, -0.15) is 4.98 Å². The van der Waals surface area contributed by atoms with Crippen LogP contribution in [-0.2, 0) is 11.3 Å². The van der Waals surface area contributed by atoms with E-state index < -0.39 is 0 Å². The van der Waals surface area contributed by atoms with Crippen molar-refractivity contribution in [2.45, 2.75) is 13.5 Å². The molecule has 0 aromatic carbocycles. The van der Waals surface area contributed by atoms with Crippen LogP contribution in [0.4, 0.5) is 5.95 Å². The van der Waals surface area contributed by atoms with Gasteiger partial charge in [0.2, 0.25) is 5.89 Å². The topological polar surface area (TPSA) is 63.4 Å². The first-order chi connectivity index (χ1) is 7.27. The number of aromatic nitrogens is 2. The Morgan fingerprint density at radius 2 is 2.33 bits per heavy atom. The molecular formula is C9H18N4O2. The Bertz CT molecular complexity index is 277. The molecule has 86 valence electrons. The van der Waals surface area contributed by atoms with Gasteiger partial charge < -0.3 is 19.5 Å². The number of nitrogens with zero attached hydrogens (tertiary/aromatic N) is 3. The fourth-order valence-corrected chi connectivity index (χ4v) is 0.984. The molecule has 6 heteroatoms. The summed E-state index contributed by atoms with van der Waals surface area (Å²) in [6.07, 6.45) is 0. The normalized spacial score (nSPS) is 10.6. The van der Waals surface area contributed by atoms with Gasteiger partial charge in [0.1, 0.15) is 0 Å². The van der Waals surface area contributed by atoms with Gasteiger partial charge in [-0.1, -0.05) is 0 Å². The van der Waals surface area contributed by atoms with Crippen molar-refractivity contribution in [3.05, 3.63) is 5.89 Å². The summed E-state index contributed by atoms with van der Waals surface area (Å²) in [6, 6.07) is 0. The van der Waals surface area contributed by atoms with Crippen LogP contribution in [0.25, 0.3) is 0 Å². The van der Waals surface area contributed by atoms with E-state index in [1.165, 1.54) is 0 Å². The highest BCUT2D eigenvalue weighted by atomic mass is 16.5. The van der Waals surface area contributed by atoms with Crippen LogP contribution in [0.15, 0.2) is 4.52 Å². The SMILES string of the molecule is CCN(C)c1noc(CNCCOC)n1. The second-order valence-electron chi connectivity index (χ2n) is 3.17. The molecule has 0 radical (unpaired) electrons. The molecular weight excluding hydrogens is 196 g/mol. The second kappa shape index (κ2) is 6.36. The predicted molar refractivity (Wildman–Crippen MR) is 56.8 cm³/mol. The van der Waals surface area contributed by atoms with E-state index in [2.05, 4.69) is 15.5 Å². The molecule has 0 spiro atoms. The van der Waals surface area contributed by atoms with E-state index in [9.17, 15) is 0 Å². The summed E-state index contributed by atoms with van der Waals surface area (Å²) in [6.45, 7) is 4.92. The molecule has 1 N–H and O–H groups in total. The summed E-state index contributed by atoms with van der Waals surface area (Å²) in [5.74, 6) is 1.22. The lowest BCUT2D eigenvalue weighted by molar-refractivity contribution is 0.197. The molecule has 0 unspecified atom stereocenters. The molecule has 0 aliphatic carbocycles. The molecule has 0 saturated carbocycles. The number of hydrogen-bond acceptors (Lipinski definition) is 6. The first kappa shape index (κ1) is 11.9. The van der Waals surface area contributed by atoms with Gasteiger partial charge in [0, 0.05) is 27.2 Å². The van der Waals surface area contributed by atoms with E-state index in [1.54, 1.807) is 7.11 Å². The molecule has 0 atom stereocenters. The van der Waals surface area contributed by atoms with Crippen LogP contribution in [0.2, 0.25) is 0 Å². The van der Waals surface area contributed by atoms with Crippen LogP contribution in [0, 0.1) is 0 Å². The van der Waals surface area contributed by atoms with Crippen molar-refractivity contribution in [1.29, 1.82) is 0 Å². The van der Waals surface area contributed by atoms with E-state index in [0.717, 1.165) is 13.1 Å². The zero-order chi connectivity index (χ0) is 11.1. The number of hydrogen-bond donors (Lipinski definition) is 1. The third-order valence-corrected chi connectivity index (χ3v) is 2.03. The van der Waals surface area contributed by atoms with Crippen molar-refractivity contribution in [3.8, 4) is 0 Å². The summed E-state index contributed by atoms with van der Waals surface area (Å²) >= 11 is 0. The molecule has 15 heavy (non-hydrogen) atoms. The van der Waals surface area contributed by atoms with E-state index in [0.29, 0.717) is 25.0 Å². The average Bonchev–Trinajstić information content (AvgIpc) is 2.72. The Labute approximate surface area is 89.6 Å². The smallest absolute Gasteiger partial charge is 0.265 e. The summed E-state index contributed by atoms with van der Waals surface area (Å²) in [5, 5.41) is 6.99. The lowest BCUT2D eigenvalue weighted by atomic mass is 10.6. The first-order valence-corrected chi connectivity index (χ1v) is 5.01. The molecule has 0 amide bonds. The summed E-state index contributed by atoms with van der Waals surface area (Å²) in [4.78, 5) is 6.14. The molecule has 6 nitrogen and oxygen atoms in total. The third-order valence-electron chi connectivity index (χ3n) is 2.03. The molecule has 0 bridgehead atoms. The maximum absolute atomic E-state index is 5.06. The maximum Gasteiger partial charge on any atom is 0.265 e. The van der Waals surface area contributed by atoms with Crippen molar-refractivity contribution in [2.24, 2.45) is 0 Å². The van der Waals surface area contributed by atoms with Crippen molar-refractivity contribution in [1.82, 2.24) is 15.5 Å². The largest absolute Gasteiger partial charge is 0.383 e. The number of ether oxygens (including phenoxy) is 1. The van der Waals surface area contributed by atoms with E-state index >= 15 is 0 Å². The van der Waals surface area contributed by atoms with Crippen LogP contribution in [0.3, 0.4) is 0 Å². The van der Waals surface area contributed by atoms with Crippen molar-refractivity contribution < 1.29 is 9.26 Å². The Morgan fingerprint density at radius 1 is 1.53 bits per heavy atom. The number of nitrogens with one attached hydrogen (secondary N) is 1. The summed E-state index contributed by atoms with van der Waals surface area (Å²) in [7, 11) is 3.59. The Morgan fingerprint density at radius 3 is 3.00 bits per heavy atom. The highest BCUT2D eigenvalue weighted by molar-refractivity contribution is 5.24. The molecule has 1 heterocycles. The first-order valence-electron chi connectivity index (χ1n) is 5.01. The molecule has 0 saturated heterocycles. The third kappa shape index (κ3) is 3.85. The van der Waals surface area contributed by atoms with Crippen molar-refractivity contribution >= 4 is 5.95 Å². The summed E-state index contributed by atoms with van der Waals surface area (Å²) < 4.78 is 9.96. The van der Waals surface area contributed by atoms with Crippen molar-refractivity contribution in [3.63, 3.8) is 0 Å². The van der Waals surface area contributed by atoms with Gasteiger partial charge in [-0.25, -0.2) is 0 Å². The zero-order valence-corrected chi connectivity index (χ0v) is 9.49. The van der Waals surface area contributed by atoms with Crippen LogP contribution in [-0.4, -0.2) is 44.0 Å². The van der Waals surface area contributed by atoms with Crippen LogP contribution < -0.4 is 10.2 Å². The van der Waals surface area contributed by atoms with E-state index in [-0.39, 0.29) is 0 Å². The zero-order valence-electron chi connectivity index (χ0n) is 9.49. The van der Waals surface area contributed by atoms with Crippen molar-refractivity contribution in [2.75, 3.05) is 38.8 Å². The number of rotatable bonds is 7. The van der Waals surface area contributed by atoms with Crippen LogP contribution in [0.5, 0.6) is 0 Å². The minimum Gasteiger partial charge on any atom is -0.383 e. The fourth-order valence-electron chi connectivity index (χ4n) is 0.984. The summed E-state index contributed by atoms with van der Waals surface area (Å²) in [5.41, 5.74) is 0. The van der Waals surface area contributed by atoms with Gasteiger partial charge >= 0.3 is 0 Å². The monoisotopic (exact) mass is 214 g/mol. The van der Waals surface area contributed by atoms with E-state index in [4.69, 9.17) is 9.26 Å². The van der Waals surface area contributed by atoms with Gasteiger partial charge in [-0.3, -0.25) is 0 Å². The Kier molecular flexibility index (Phi) is 5.06. The predicted octanol–water partition coefficient (Wildman–Crippen LogP) is 0.262. The van der Waals surface area contributed by atoms with E-state index in [1.807, 2.05) is 18.9 Å². The molecule has 0 aliphatic heterocycles. The van der Waals surface area contributed by atoms with Crippen LogP contribution in [0.1, 0.15) is 12.8 Å². The molecule has 0 fully saturated rings. The number of methoxy groups -OCH3 is 1. The van der Waals surface area contributed by atoms with Gasteiger partial charge in [-0.15, -0.1) is 0 Å². The highest BCUT2D eigenvalue weighted by Gasteiger charge is 2.08. The average molecular weight is 214 g/mol. The standard InChI is InChI=1S/C9H18N4O2/c1-4-13(2)9-11-8(15-12-9)7-10-5-6-14-3/h10H,4-7H2,1-3H3. The van der Waals surface area contributed by atoms with Crippen LogP contribution >= 0.6 is 0 Å². The Hall–Kier alpha value is -1.14. The number of anilines is 1. The van der Waals surface area contributed by atoms with Gasteiger partial charge in [0.15, 0.2) is 0 Å². The van der Waals surface area contributed by atoms with Gasteiger partial charge in [0.05, 0.1) is 13.2 Å². The Balaban J connectivity index is 2.33. The minimum absolute atomic E-state index is 0.577. The molecule has 1 aromatic rings. The quantitative estimate of drug-likeness (QED) is 0.657. The van der Waals surface area contributed by atoms with Gasteiger partial charge in [0.25, 0.3) is 5.95 Å². The lowest BCUT2D eigenvalue weighted by Crippen LogP contribution is -2.19. The minimum atomic E-state index is 0.577. The second-order valence-corrected chi connectivity index (χ2v) is 3.17.